The van der Waals surface area contributed by atoms with Crippen LogP contribution in [0.15, 0.2) is 0 Å². The van der Waals surface area contributed by atoms with E-state index < -0.39 is 11.1 Å². The Morgan fingerprint density at radius 2 is 2.00 bits per heavy atom. The molecular weight excluding hydrogens is 284 g/mol. The number of esters is 1. The summed E-state index contributed by atoms with van der Waals surface area (Å²) in [5.41, 5.74) is -0.990. The van der Waals surface area contributed by atoms with Gasteiger partial charge in [0.15, 0.2) is 0 Å². The molecule has 2 aliphatic heterocycles. The van der Waals surface area contributed by atoms with Crippen molar-refractivity contribution < 1.29 is 19.1 Å². The molecule has 1 spiro atoms. The molecule has 2 fully saturated rings. The van der Waals surface area contributed by atoms with Gasteiger partial charge in [-0.15, -0.1) is 12.4 Å². The van der Waals surface area contributed by atoms with Crippen LogP contribution in [0.2, 0.25) is 0 Å². The van der Waals surface area contributed by atoms with Gasteiger partial charge in [0.05, 0.1) is 18.6 Å². The second-order valence-corrected chi connectivity index (χ2v) is 6.19. The Balaban J connectivity index is 0.00000200. The first-order valence-electron chi connectivity index (χ1n) is 6.59. The number of amides is 1. The van der Waals surface area contributed by atoms with Crippen molar-refractivity contribution in [3.8, 4) is 0 Å². The number of carbonyl (C=O) groups excluding carboxylic acids is 2. The topological polar surface area (TPSA) is 67.9 Å². The molecule has 2 atom stereocenters. The lowest BCUT2D eigenvalue weighted by Gasteiger charge is -2.52. The van der Waals surface area contributed by atoms with Gasteiger partial charge in [-0.25, -0.2) is 4.79 Å². The normalized spacial score (nSPS) is 28.6. The highest BCUT2D eigenvalue weighted by atomic mass is 35.5. The van der Waals surface area contributed by atoms with E-state index in [0.717, 1.165) is 6.42 Å². The summed E-state index contributed by atoms with van der Waals surface area (Å²) >= 11 is 0. The number of methoxy groups -OCH3 is 1. The average Bonchev–Trinajstić information content (AvgIpc) is 2.70. The van der Waals surface area contributed by atoms with Crippen LogP contribution in [0.3, 0.4) is 0 Å². The third-order valence-corrected chi connectivity index (χ3v) is 3.83. The zero-order chi connectivity index (χ0) is 14.3. The number of ether oxygens (including phenoxy) is 2. The first-order chi connectivity index (χ1) is 8.80. The van der Waals surface area contributed by atoms with Crippen LogP contribution in [0, 0.1) is 5.92 Å². The standard InChI is InChI=1S/C13H22N2O4.ClH/c1-12(2,3)19-11(17)15-6-5-13(15)8-14-7-9(13)10(16)18-4;/h9,14H,5-8H2,1-4H3;1H/t9-,13+;/m0./s1. The Bertz CT molecular complexity index is 396. The third kappa shape index (κ3) is 2.86. The molecule has 0 unspecified atom stereocenters. The van der Waals surface area contributed by atoms with Crippen LogP contribution in [0.4, 0.5) is 4.79 Å². The summed E-state index contributed by atoms with van der Waals surface area (Å²) in [7, 11) is 1.38. The summed E-state index contributed by atoms with van der Waals surface area (Å²) in [6.45, 7) is 7.30. The average molecular weight is 307 g/mol. The molecule has 0 aromatic heterocycles. The van der Waals surface area contributed by atoms with Gasteiger partial charge in [0.1, 0.15) is 5.60 Å². The summed E-state index contributed by atoms with van der Waals surface area (Å²) in [5, 5.41) is 3.18. The highest BCUT2D eigenvalue weighted by Crippen LogP contribution is 2.41. The van der Waals surface area contributed by atoms with Crippen molar-refractivity contribution in [1.29, 1.82) is 0 Å². The van der Waals surface area contributed by atoms with E-state index in [1.165, 1.54) is 7.11 Å². The molecule has 1 amide bonds. The number of hydrogen-bond donors (Lipinski definition) is 1. The summed E-state index contributed by atoms with van der Waals surface area (Å²) in [5.74, 6) is -0.572. The number of likely N-dealkylation sites (tertiary alicyclic amines) is 1. The van der Waals surface area contributed by atoms with Crippen LogP contribution in [0.1, 0.15) is 27.2 Å². The number of halogens is 1. The Morgan fingerprint density at radius 3 is 2.45 bits per heavy atom. The van der Waals surface area contributed by atoms with Crippen molar-refractivity contribution in [1.82, 2.24) is 10.2 Å². The molecule has 0 aromatic carbocycles. The molecule has 7 heteroatoms. The molecule has 2 rings (SSSR count). The van der Waals surface area contributed by atoms with Gasteiger partial charge in [0, 0.05) is 19.6 Å². The van der Waals surface area contributed by atoms with Gasteiger partial charge in [-0.1, -0.05) is 0 Å². The molecule has 0 saturated carbocycles. The summed E-state index contributed by atoms with van der Waals surface area (Å²) in [6.07, 6.45) is 0.454. The Hall–Kier alpha value is -1.01. The van der Waals surface area contributed by atoms with Crippen molar-refractivity contribution in [3.05, 3.63) is 0 Å². The molecular formula is C13H23ClN2O4. The first kappa shape index (κ1) is 17.0. The second kappa shape index (κ2) is 5.77. The van der Waals surface area contributed by atoms with E-state index in [9.17, 15) is 9.59 Å². The maximum absolute atomic E-state index is 12.2. The van der Waals surface area contributed by atoms with E-state index in [1.54, 1.807) is 4.90 Å². The van der Waals surface area contributed by atoms with Crippen molar-refractivity contribution >= 4 is 24.5 Å². The van der Waals surface area contributed by atoms with Crippen molar-refractivity contribution in [2.75, 3.05) is 26.7 Å². The summed E-state index contributed by atoms with van der Waals surface area (Å²) < 4.78 is 10.2. The van der Waals surface area contributed by atoms with E-state index in [1.807, 2.05) is 20.8 Å². The molecule has 2 aliphatic rings. The van der Waals surface area contributed by atoms with Crippen molar-refractivity contribution in [2.45, 2.75) is 38.3 Å². The lowest BCUT2D eigenvalue weighted by atomic mass is 9.76. The molecule has 6 nitrogen and oxygen atoms in total. The lowest BCUT2D eigenvalue weighted by molar-refractivity contribution is -0.152. The highest BCUT2D eigenvalue weighted by molar-refractivity contribution is 5.85. The lowest BCUT2D eigenvalue weighted by Crippen LogP contribution is -2.68. The first-order valence-corrected chi connectivity index (χ1v) is 6.59. The fraction of sp³-hybridized carbons (Fsp3) is 0.846. The largest absolute Gasteiger partial charge is 0.469 e. The van der Waals surface area contributed by atoms with Crippen LogP contribution >= 0.6 is 12.4 Å². The molecule has 0 radical (unpaired) electrons. The summed E-state index contributed by atoms with van der Waals surface area (Å²) in [6, 6.07) is 0. The highest BCUT2D eigenvalue weighted by Gasteiger charge is 2.59. The van der Waals surface area contributed by atoms with E-state index in [0.29, 0.717) is 19.6 Å². The van der Waals surface area contributed by atoms with Crippen LogP contribution in [0.25, 0.3) is 0 Å². The molecule has 116 valence electrons. The Kier molecular flexibility index (Phi) is 4.92. The number of hydrogen-bond acceptors (Lipinski definition) is 5. The SMILES string of the molecule is COC(=O)[C@@H]1CNC[C@]12CCN2C(=O)OC(C)(C)C.Cl. The Labute approximate surface area is 125 Å². The second-order valence-electron chi connectivity index (χ2n) is 6.19. The van der Waals surface area contributed by atoms with Crippen molar-refractivity contribution in [3.63, 3.8) is 0 Å². The zero-order valence-electron chi connectivity index (χ0n) is 12.4. The van der Waals surface area contributed by atoms with E-state index in [-0.39, 0.29) is 30.4 Å². The molecule has 2 heterocycles. The van der Waals surface area contributed by atoms with Gasteiger partial charge in [-0.3, -0.25) is 4.79 Å². The maximum Gasteiger partial charge on any atom is 0.410 e. The van der Waals surface area contributed by atoms with Gasteiger partial charge in [-0.05, 0) is 27.2 Å². The van der Waals surface area contributed by atoms with Crippen LogP contribution in [0.5, 0.6) is 0 Å². The molecule has 0 aromatic rings. The van der Waals surface area contributed by atoms with Crippen molar-refractivity contribution in [2.24, 2.45) is 5.92 Å². The summed E-state index contributed by atoms with van der Waals surface area (Å²) in [4.78, 5) is 25.7. The van der Waals surface area contributed by atoms with Gasteiger partial charge in [0.25, 0.3) is 0 Å². The van der Waals surface area contributed by atoms with Crippen LogP contribution < -0.4 is 5.32 Å². The molecule has 0 aliphatic carbocycles. The smallest absolute Gasteiger partial charge is 0.410 e. The fourth-order valence-corrected chi connectivity index (χ4v) is 2.84. The molecule has 2 saturated heterocycles. The minimum Gasteiger partial charge on any atom is -0.469 e. The van der Waals surface area contributed by atoms with E-state index in [2.05, 4.69) is 5.32 Å². The van der Waals surface area contributed by atoms with Gasteiger partial charge < -0.3 is 19.7 Å². The number of rotatable bonds is 1. The van der Waals surface area contributed by atoms with E-state index in [4.69, 9.17) is 9.47 Å². The predicted octanol–water partition coefficient (Wildman–Crippen LogP) is 1.18. The Morgan fingerprint density at radius 1 is 1.35 bits per heavy atom. The predicted molar refractivity (Wildman–Crippen MR) is 75.9 cm³/mol. The van der Waals surface area contributed by atoms with Gasteiger partial charge in [-0.2, -0.15) is 0 Å². The minimum absolute atomic E-state index is 0. The minimum atomic E-state index is -0.527. The van der Waals surface area contributed by atoms with Crippen LogP contribution in [-0.2, 0) is 14.3 Å². The van der Waals surface area contributed by atoms with Gasteiger partial charge in [0.2, 0.25) is 0 Å². The monoisotopic (exact) mass is 306 g/mol. The molecule has 0 bridgehead atoms. The third-order valence-electron chi connectivity index (χ3n) is 3.83. The molecule has 1 N–H and O–H groups in total. The number of carbonyl (C=O) groups is 2. The molecule has 20 heavy (non-hydrogen) atoms. The zero-order valence-corrected chi connectivity index (χ0v) is 13.2. The quantitative estimate of drug-likeness (QED) is 0.737. The fourth-order valence-electron chi connectivity index (χ4n) is 2.84. The maximum atomic E-state index is 12.2. The van der Waals surface area contributed by atoms with Crippen LogP contribution in [-0.4, -0.2) is 54.8 Å². The number of nitrogens with one attached hydrogen (secondary N) is 1. The van der Waals surface area contributed by atoms with Gasteiger partial charge >= 0.3 is 12.1 Å². The van der Waals surface area contributed by atoms with E-state index >= 15 is 0 Å². The number of nitrogens with zero attached hydrogens (tertiary/aromatic N) is 1.